The van der Waals surface area contributed by atoms with Crippen molar-refractivity contribution in [1.29, 1.82) is 0 Å². The molecule has 0 aromatic rings. The van der Waals surface area contributed by atoms with Gasteiger partial charge in [-0.1, -0.05) is 18.9 Å². The van der Waals surface area contributed by atoms with Crippen LogP contribution in [0.2, 0.25) is 0 Å². The first kappa shape index (κ1) is 9.88. The smallest absolute Gasteiger partial charge is 0.154 e. The minimum Gasteiger partial charge on any atom is -0.209 e. The Hall–Kier alpha value is -0.660. The number of allylic oxidation sites excluding steroid dienone is 4. The highest BCUT2D eigenvalue weighted by molar-refractivity contribution is 5.28. The molecule has 0 radical (unpaired) electrons. The fraction of sp³-hybridized carbons (Fsp3) is 0.667. The zero-order valence-corrected chi connectivity index (χ0v) is 8.58. The summed E-state index contributed by atoms with van der Waals surface area (Å²) in [7, 11) is 0. The fourth-order valence-corrected chi connectivity index (χ4v) is 2.36. The number of hydrogen-bond donors (Lipinski definition) is 0. The fourth-order valence-electron chi connectivity index (χ4n) is 2.36. The van der Waals surface area contributed by atoms with Gasteiger partial charge >= 0.3 is 0 Å². The summed E-state index contributed by atoms with van der Waals surface area (Å²) in [6, 6.07) is 0. The van der Waals surface area contributed by atoms with Crippen LogP contribution in [0.25, 0.3) is 0 Å². The normalized spacial score (nSPS) is 26.6. The molecule has 2 aliphatic rings. The standard InChI is InChI=1S/C12H16F2/c1-12(6-3-7-12)9-4-2-5-10(13)11(14)8-9/h8H,2-7H2,1H3. The van der Waals surface area contributed by atoms with Crippen LogP contribution in [0.3, 0.4) is 0 Å². The maximum Gasteiger partial charge on any atom is 0.154 e. The quantitative estimate of drug-likeness (QED) is 0.584. The maximum absolute atomic E-state index is 13.2. The van der Waals surface area contributed by atoms with Crippen LogP contribution in [0, 0.1) is 5.41 Å². The van der Waals surface area contributed by atoms with E-state index in [0.717, 1.165) is 31.3 Å². The molecule has 2 heteroatoms. The summed E-state index contributed by atoms with van der Waals surface area (Å²) in [6.07, 6.45) is 6.81. The van der Waals surface area contributed by atoms with Gasteiger partial charge < -0.3 is 0 Å². The molecule has 0 aromatic heterocycles. The van der Waals surface area contributed by atoms with Crippen molar-refractivity contribution in [2.45, 2.75) is 45.4 Å². The third-order valence-electron chi connectivity index (χ3n) is 3.63. The van der Waals surface area contributed by atoms with Gasteiger partial charge in [0.15, 0.2) is 5.83 Å². The van der Waals surface area contributed by atoms with Crippen molar-refractivity contribution in [2.24, 2.45) is 5.41 Å². The molecule has 0 nitrogen and oxygen atoms in total. The van der Waals surface area contributed by atoms with E-state index in [1.54, 1.807) is 0 Å². The SMILES string of the molecule is CC1(C2=CC(F)=C(F)CCC2)CCC1. The summed E-state index contributed by atoms with van der Waals surface area (Å²) in [5.74, 6) is -1.20. The predicted octanol–water partition coefficient (Wildman–Crippen LogP) is 4.44. The second-order valence-electron chi connectivity index (χ2n) is 4.69. The molecule has 0 spiro atoms. The Morgan fingerprint density at radius 1 is 1.14 bits per heavy atom. The first-order valence-electron chi connectivity index (χ1n) is 5.37. The topological polar surface area (TPSA) is 0 Å². The summed E-state index contributed by atoms with van der Waals surface area (Å²) < 4.78 is 26.2. The summed E-state index contributed by atoms with van der Waals surface area (Å²) in [5, 5.41) is 0. The van der Waals surface area contributed by atoms with Gasteiger partial charge in [-0.3, -0.25) is 0 Å². The Balaban J connectivity index is 2.23. The van der Waals surface area contributed by atoms with Crippen LogP contribution in [0.5, 0.6) is 0 Å². The highest BCUT2D eigenvalue weighted by Gasteiger charge is 2.35. The van der Waals surface area contributed by atoms with E-state index in [2.05, 4.69) is 6.92 Å². The maximum atomic E-state index is 13.2. The van der Waals surface area contributed by atoms with Gasteiger partial charge in [-0.05, 0) is 37.2 Å². The first-order valence-corrected chi connectivity index (χ1v) is 5.37. The number of hydrogen-bond acceptors (Lipinski definition) is 0. The summed E-state index contributed by atoms with van der Waals surface area (Å²) in [6.45, 7) is 2.17. The number of halogens is 2. The molecule has 78 valence electrons. The van der Waals surface area contributed by atoms with Gasteiger partial charge in [0.1, 0.15) is 5.83 Å². The van der Waals surface area contributed by atoms with E-state index in [0.29, 0.717) is 0 Å². The third-order valence-corrected chi connectivity index (χ3v) is 3.63. The molecule has 0 bridgehead atoms. The van der Waals surface area contributed by atoms with E-state index >= 15 is 0 Å². The van der Waals surface area contributed by atoms with Crippen LogP contribution in [0.1, 0.15) is 45.4 Å². The lowest BCUT2D eigenvalue weighted by Gasteiger charge is -2.40. The van der Waals surface area contributed by atoms with E-state index in [9.17, 15) is 8.78 Å². The summed E-state index contributed by atoms with van der Waals surface area (Å²) in [4.78, 5) is 0. The van der Waals surface area contributed by atoms with Crippen molar-refractivity contribution >= 4 is 0 Å². The lowest BCUT2D eigenvalue weighted by atomic mass is 9.64. The molecule has 1 fully saturated rings. The van der Waals surface area contributed by atoms with Crippen LogP contribution >= 0.6 is 0 Å². The van der Waals surface area contributed by atoms with Crippen LogP contribution in [0.15, 0.2) is 23.3 Å². The van der Waals surface area contributed by atoms with Crippen LogP contribution < -0.4 is 0 Å². The molecule has 0 N–H and O–H groups in total. The minimum atomic E-state index is -0.634. The molecule has 0 heterocycles. The van der Waals surface area contributed by atoms with Gasteiger partial charge in [-0.2, -0.15) is 0 Å². The molecular weight excluding hydrogens is 182 g/mol. The van der Waals surface area contributed by atoms with E-state index in [-0.39, 0.29) is 11.8 Å². The van der Waals surface area contributed by atoms with Crippen molar-refractivity contribution in [3.05, 3.63) is 23.3 Å². The molecule has 0 unspecified atom stereocenters. The van der Waals surface area contributed by atoms with E-state index in [1.165, 1.54) is 12.5 Å². The monoisotopic (exact) mass is 198 g/mol. The Morgan fingerprint density at radius 3 is 2.43 bits per heavy atom. The van der Waals surface area contributed by atoms with E-state index < -0.39 is 11.7 Å². The zero-order valence-electron chi connectivity index (χ0n) is 8.58. The average Bonchev–Trinajstić information content (AvgIpc) is 2.26. The molecule has 0 saturated heterocycles. The highest BCUT2D eigenvalue weighted by Crippen LogP contribution is 2.49. The molecular formula is C12H16F2. The Kier molecular flexibility index (Phi) is 2.46. The predicted molar refractivity (Wildman–Crippen MR) is 53.1 cm³/mol. The van der Waals surface area contributed by atoms with Crippen LogP contribution in [-0.2, 0) is 0 Å². The second kappa shape index (κ2) is 3.48. The van der Waals surface area contributed by atoms with Gasteiger partial charge in [-0.15, -0.1) is 0 Å². The molecule has 0 amide bonds. The van der Waals surface area contributed by atoms with Gasteiger partial charge in [0.05, 0.1) is 0 Å². The summed E-state index contributed by atoms with van der Waals surface area (Å²) >= 11 is 0. The average molecular weight is 198 g/mol. The number of rotatable bonds is 1. The van der Waals surface area contributed by atoms with Crippen molar-refractivity contribution in [1.82, 2.24) is 0 Å². The van der Waals surface area contributed by atoms with E-state index in [1.807, 2.05) is 0 Å². The summed E-state index contributed by atoms with van der Waals surface area (Å²) in [5.41, 5.74) is 1.29. The van der Waals surface area contributed by atoms with Crippen molar-refractivity contribution in [2.75, 3.05) is 0 Å². The lowest BCUT2D eigenvalue weighted by molar-refractivity contribution is 0.207. The Labute approximate surface area is 83.7 Å². The van der Waals surface area contributed by atoms with Gasteiger partial charge in [0, 0.05) is 6.42 Å². The Morgan fingerprint density at radius 2 is 1.86 bits per heavy atom. The lowest BCUT2D eigenvalue weighted by Crippen LogP contribution is -2.27. The van der Waals surface area contributed by atoms with Gasteiger partial charge in [0.25, 0.3) is 0 Å². The van der Waals surface area contributed by atoms with Gasteiger partial charge in [0.2, 0.25) is 0 Å². The van der Waals surface area contributed by atoms with Crippen molar-refractivity contribution in [3.63, 3.8) is 0 Å². The van der Waals surface area contributed by atoms with Crippen molar-refractivity contribution < 1.29 is 8.78 Å². The molecule has 0 aliphatic heterocycles. The first-order chi connectivity index (χ1) is 6.62. The Bertz CT molecular complexity index is 295. The molecule has 0 aromatic carbocycles. The molecule has 1 saturated carbocycles. The molecule has 14 heavy (non-hydrogen) atoms. The van der Waals surface area contributed by atoms with Gasteiger partial charge in [-0.25, -0.2) is 8.78 Å². The van der Waals surface area contributed by atoms with Crippen LogP contribution in [-0.4, -0.2) is 0 Å². The van der Waals surface area contributed by atoms with Crippen LogP contribution in [0.4, 0.5) is 8.78 Å². The second-order valence-corrected chi connectivity index (χ2v) is 4.69. The van der Waals surface area contributed by atoms with Crippen molar-refractivity contribution in [3.8, 4) is 0 Å². The highest BCUT2D eigenvalue weighted by atomic mass is 19.2. The zero-order chi connectivity index (χ0) is 10.2. The molecule has 0 atom stereocenters. The third kappa shape index (κ3) is 1.62. The molecule has 2 rings (SSSR count). The minimum absolute atomic E-state index is 0.169. The molecule has 2 aliphatic carbocycles. The largest absolute Gasteiger partial charge is 0.209 e. The van der Waals surface area contributed by atoms with E-state index in [4.69, 9.17) is 0 Å².